The number of aryl methyl sites for hydroxylation is 4. The Kier molecular flexibility index (Phi) is 14.7. The monoisotopic (exact) mass is 848 g/mol. The van der Waals surface area contributed by atoms with Crippen molar-refractivity contribution in [3.8, 4) is 33.8 Å². The van der Waals surface area contributed by atoms with E-state index in [0.29, 0.717) is 24.4 Å². The van der Waals surface area contributed by atoms with Crippen LogP contribution >= 0.6 is 0 Å². The van der Waals surface area contributed by atoms with Crippen LogP contribution in [0.3, 0.4) is 0 Å². The minimum absolute atomic E-state index is 0.0618. The topological polar surface area (TPSA) is 127 Å². The molecule has 1 fully saturated rings. The summed E-state index contributed by atoms with van der Waals surface area (Å²) in [4.78, 5) is 25.6. The Morgan fingerprint density at radius 3 is 1.44 bits per heavy atom. The van der Waals surface area contributed by atoms with E-state index in [4.69, 9.17) is 14.2 Å². The molecule has 4 aromatic carbocycles. The molecular formula is C51H56N6O6. The van der Waals surface area contributed by atoms with Gasteiger partial charge >= 0.3 is 11.4 Å². The second-order valence-corrected chi connectivity index (χ2v) is 16.2. The van der Waals surface area contributed by atoms with Crippen molar-refractivity contribution in [1.82, 2.24) is 28.4 Å². The number of hydrogen-bond acceptors (Lipinski definition) is 8. The molecule has 12 nitrogen and oxygen atoms in total. The summed E-state index contributed by atoms with van der Waals surface area (Å²) in [6, 6.07) is 39.6. The van der Waals surface area contributed by atoms with Crippen LogP contribution in [-0.4, -0.2) is 66.0 Å². The second kappa shape index (κ2) is 20.9. The molecule has 0 saturated carbocycles. The fraction of sp³-hybridized carbons (Fsp3) is 0.294. The number of nitrogens with zero attached hydrogens (tertiary/aromatic N) is 6. The molecule has 9 rings (SSSR count). The first-order chi connectivity index (χ1) is 30.5. The number of hydrogen-bond donors (Lipinski definition) is 1. The fourth-order valence-electron chi connectivity index (χ4n) is 7.07. The highest BCUT2D eigenvalue weighted by Crippen LogP contribution is 2.22. The summed E-state index contributed by atoms with van der Waals surface area (Å²) in [5, 5.41) is 19.1. The highest BCUT2D eigenvalue weighted by atomic mass is 16.5. The molecule has 0 spiro atoms. The molecular weight excluding hydrogens is 793 g/mol. The molecule has 0 radical (unpaired) electrons. The summed E-state index contributed by atoms with van der Waals surface area (Å²) in [5.74, 6) is 1.75. The van der Waals surface area contributed by atoms with Crippen LogP contribution < -0.4 is 20.9 Å². The molecule has 1 N–H and O–H groups in total. The zero-order chi connectivity index (χ0) is 44.3. The van der Waals surface area contributed by atoms with Gasteiger partial charge in [-0.05, 0) is 110 Å². The van der Waals surface area contributed by atoms with Crippen molar-refractivity contribution >= 4 is 11.3 Å². The summed E-state index contributed by atoms with van der Waals surface area (Å²) in [7, 11) is 0. The smallest absolute Gasteiger partial charge is 0.350 e. The zero-order valence-corrected chi connectivity index (χ0v) is 36.7. The van der Waals surface area contributed by atoms with E-state index < -0.39 is 6.10 Å². The molecule has 0 bridgehead atoms. The van der Waals surface area contributed by atoms with Crippen molar-refractivity contribution in [2.45, 2.75) is 66.7 Å². The van der Waals surface area contributed by atoms with Gasteiger partial charge in [0.05, 0.1) is 19.7 Å². The van der Waals surface area contributed by atoms with Gasteiger partial charge in [-0.3, -0.25) is 0 Å². The number of aromatic nitrogens is 6. The van der Waals surface area contributed by atoms with E-state index in [9.17, 15) is 14.7 Å². The molecule has 0 amide bonds. The Bertz CT molecular complexity index is 2660. The molecule has 63 heavy (non-hydrogen) atoms. The van der Waals surface area contributed by atoms with Crippen LogP contribution in [0.5, 0.6) is 11.5 Å². The van der Waals surface area contributed by atoms with Gasteiger partial charge in [-0.25, -0.2) is 27.8 Å². The van der Waals surface area contributed by atoms with Crippen molar-refractivity contribution in [3.63, 3.8) is 0 Å². The van der Waals surface area contributed by atoms with Crippen LogP contribution in [0.25, 0.3) is 33.5 Å². The van der Waals surface area contributed by atoms with E-state index >= 15 is 0 Å². The highest BCUT2D eigenvalue weighted by molar-refractivity contribution is 5.65. The van der Waals surface area contributed by atoms with Gasteiger partial charge in [0.25, 0.3) is 0 Å². The predicted octanol–water partition coefficient (Wildman–Crippen LogP) is 8.51. The lowest BCUT2D eigenvalue weighted by molar-refractivity contribution is 0.0881. The Balaban J connectivity index is 0.000000170. The first kappa shape index (κ1) is 44.3. The zero-order valence-electron chi connectivity index (χ0n) is 36.7. The predicted molar refractivity (Wildman–Crippen MR) is 248 cm³/mol. The standard InChI is InChI=1S/C24H25N3O2.C23H23N3O3.C4H8O/c1-17-8-10-20(11-9-17)21-12-13-23-25-27(24(28)26(23)15-21)14-18(2)16-29-22-7-5-4-6-19(22)3;1-16-7-9-18(10-8-16)19-11-12-22-24-26(23(28)25(22)13-19)14-20(27)15-29-21-6-4-3-5-17(21)2;1-2-4-5-3-1/h4-13,15,18H,14,16H2,1-3H3;3-13,20,27H,14-15H2,1-2H3;1-4H2. The van der Waals surface area contributed by atoms with E-state index in [1.165, 1.54) is 37.7 Å². The van der Waals surface area contributed by atoms with Gasteiger partial charge in [0.15, 0.2) is 11.3 Å². The molecule has 2 atom stereocenters. The molecule has 8 aromatic rings. The Morgan fingerprint density at radius 1 is 0.571 bits per heavy atom. The number of aliphatic hydroxyl groups excluding tert-OH is 1. The maximum absolute atomic E-state index is 12.9. The summed E-state index contributed by atoms with van der Waals surface area (Å²) in [6.45, 7) is 13.3. The van der Waals surface area contributed by atoms with Crippen LogP contribution in [0.1, 0.15) is 42.0 Å². The average Bonchev–Trinajstić information content (AvgIpc) is 4.05. The van der Waals surface area contributed by atoms with E-state index in [2.05, 4.69) is 48.3 Å². The van der Waals surface area contributed by atoms with Crippen molar-refractivity contribution in [3.05, 3.63) is 177 Å². The van der Waals surface area contributed by atoms with E-state index in [0.717, 1.165) is 58.1 Å². The number of pyridine rings is 2. The Morgan fingerprint density at radius 2 is 1.00 bits per heavy atom. The lowest BCUT2D eigenvalue weighted by atomic mass is 10.1. The van der Waals surface area contributed by atoms with Crippen molar-refractivity contribution in [1.29, 1.82) is 0 Å². The van der Waals surface area contributed by atoms with Crippen LogP contribution in [0, 0.1) is 33.6 Å². The molecule has 1 aliphatic rings. The third-order valence-corrected chi connectivity index (χ3v) is 10.8. The summed E-state index contributed by atoms with van der Waals surface area (Å²) >= 11 is 0. The normalized spacial score (nSPS) is 13.2. The number of ether oxygens (including phenoxy) is 3. The van der Waals surface area contributed by atoms with Crippen molar-refractivity contribution in [2.75, 3.05) is 26.4 Å². The number of benzene rings is 4. The molecule has 2 unspecified atom stereocenters. The molecule has 326 valence electrons. The van der Waals surface area contributed by atoms with Crippen molar-refractivity contribution < 1.29 is 19.3 Å². The highest BCUT2D eigenvalue weighted by Gasteiger charge is 2.15. The van der Waals surface area contributed by atoms with E-state index in [1.807, 2.05) is 124 Å². The van der Waals surface area contributed by atoms with Gasteiger partial charge in [0, 0.05) is 31.5 Å². The van der Waals surface area contributed by atoms with Crippen molar-refractivity contribution in [2.24, 2.45) is 5.92 Å². The van der Waals surface area contributed by atoms with Gasteiger partial charge in [-0.15, -0.1) is 10.2 Å². The molecule has 1 saturated heterocycles. The molecule has 0 aliphatic carbocycles. The number of fused-ring (bicyclic) bond motifs is 2. The summed E-state index contributed by atoms with van der Waals surface area (Å²) < 4.78 is 22.5. The summed E-state index contributed by atoms with van der Waals surface area (Å²) in [6.07, 6.45) is 5.34. The lowest BCUT2D eigenvalue weighted by Gasteiger charge is -2.13. The van der Waals surface area contributed by atoms with Gasteiger partial charge in [-0.1, -0.05) is 103 Å². The van der Waals surface area contributed by atoms with Gasteiger partial charge in [0.1, 0.15) is 24.2 Å². The second-order valence-electron chi connectivity index (χ2n) is 16.2. The Labute approximate surface area is 367 Å². The number of rotatable bonds is 12. The fourth-order valence-corrected chi connectivity index (χ4v) is 7.07. The van der Waals surface area contributed by atoms with Gasteiger partial charge in [-0.2, -0.15) is 0 Å². The average molecular weight is 849 g/mol. The van der Waals surface area contributed by atoms with Crippen LogP contribution in [0.2, 0.25) is 0 Å². The van der Waals surface area contributed by atoms with Gasteiger partial charge < -0.3 is 19.3 Å². The largest absolute Gasteiger partial charge is 0.493 e. The maximum Gasteiger partial charge on any atom is 0.350 e. The van der Waals surface area contributed by atoms with E-state index in [1.54, 1.807) is 10.6 Å². The molecule has 5 heterocycles. The maximum atomic E-state index is 12.9. The first-order valence-corrected chi connectivity index (χ1v) is 21.5. The Hall–Kier alpha value is -6.76. The van der Waals surface area contributed by atoms with Crippen LogP contribution in [0.15, 0.2) is 143 Å². The number of aliphatic hydroxyl groups is 1. The molecule has 1 aliphatic heterocycles. The minimum atomic E-state index is -0.853. The first-order valence-electron chi connectivity index (χ1n) is 21.5. The minimum Gasteiger partial charge on any atom is -0.493 e. The van der Waals surface area contributed by atoms with E-state index in [-0.39, 0.29) is 30.4 Å². The summed E-state index contributed by atoms with van der Waals surface area (Å²) in [5.41, 5.74) is 9.31. The third-order valence-electron chi connectivity index (χ3n) is 10.8. The quantitative estimate of drug-likeness (QED) is 0.130. The lowest BCUT2D eigenvalue weighted by Crippen LogP contribution is -2.30. The van der Waals surface area contributed by atoms with Gasteiger partial charge in [0.2, 0.25) is 0 Å². The van der Waals surface area contributed by atoms with Crippen LogP contribution in [0.4, 0.5) is 0 Å². The third kappa shape index (κ3) is 11.6. The number of para-hydroxylation sites is 2. The molecule has 4 aromatic heterocycles. The van der Waals surface area contributed by atoms with Crippen LogP contribution in [-0.2, 0) is 17.8 Å². The molecule has 12 heteroatoms. The SMILES string of the molecule is C1CCOC1.Cc1ccc(-c2ccc3nn(CC(C)COc4ccccc4C)c(=O)n3c2)cc1.Cc1ccc(-c2ccc3nn(CC(O)COc4ccccc4C)c(=O)n3c2)cc1.